The van der Waals surface area contributed by atoms with Gasteiger partial charge in [-0.05, 0) is 56.1 Å². The highest BCUT2D eigenvalue weighted by Gasteiger charge is 2.09. The molecule has 94 valence electrons. The Hall–Kier alpha value is -0.620. The van der Waals surface area contributed by atoms with Gasteiger partial charge < -0.3 is 10.5 Å². The van der Waals surface area contributed by atoms with E-state index in [0.29, 0.717) is 28.8 Å². The summed E-state index contributed by atoms with van der Waals surface area (Å²) >= 11 is 12.6. The first-order chi connectivity index (χ1) is 8.60. The Bertz CT molecular complexity index is 578. The topological polar surface area (TPSA) is 48.1 Å². The van der Waals surface area contributed by atoms with Crippen molar-refractivity contribution in [3.63, 3.8) is 0 Å². The average molecular weight is 392 g/mol. The number of ether oxygens (including phenoxy) is 1. The zero-order valence-electron chi connectivity index (χ0n) is 9.16. The zero-order chi connectivity index (χ0) is 13.1. The summed E-state index contributed by atoms with van der Waals surface area (Å²) < 4.78 is 7.40. The second-order valence-electron chi connectivity index (χ2n) is 3.48. The van der Waals surface area contributed by atoms with Crippen LogP contribution in [0, 0.1) is 0 Å². The lowest BCUT2D eigenvalue weighted by Gasteiger charge is -2.11. The monoisotopic (exact) mass is 390 g/mol. The molecule has 0 amide bonds. The summed E-state index contributed by atoms with van der Waals surface area (Å²) in [6.07, 6.45) is 1.69. The van der Waals surface area contributed by atoms with Gasteiger partial charge in [-0.2, -0.15) is 0 Å². The Morgan fingerprint density at radius 3 is 2.67 bits per heavy atom. The van der Waals surface area contributed by atoms with Crippen LogP contribution >= 0.6 is 43.5 Å². The Kier molecular flexibility index (Phi) is 4.61. The van der Waals surface area contributed by atoms with Crippen molar-refractivity contribution >= 4 is 43.5 Å². The number of pyridine rings is 1. The third-order valence-electron chi connectivity index (χ3n) is 2.20. The molecule has 2 rings (SSSR count). The van der Waals surface area contributed by atoms with Crippen LogP contribution in [-0.2, 0) is 6.54 Å². The summed E-state index contributed by atoms with van der Waals surface area (Å²) in [6, 6.07) is 7.14. The predicted octanol–water partition coefficient (Wildman–Crippen LogP) is 4.51. The van der Waals surface area contributed by atoms with E-state index in [-0.39, 0.29) is 0 Å². The molecular formula is C12H9Br2ClN2O. The van der Waals surface area contributed by atoms with Crippen molar-refractivity contribution < 1.29 is 4.74 Å². The largest absolute Gasteiger partial charge is 0.454 e. The molecule has 0 saturated heterocycles. The highest BCUT2D eigenvalue weighted by atomic mass is 79.9. The van der Waals surface area contributed by atoms with Crippen LogP contribution in [0.3, 0.4) is 0 Å². The Balaban J connectivity index is 2.36. The van der Waals surface area contributed by atoms with E-state index in [1.54, 1.807) is 24.4 Å². The minimum Gasteiger partial charge on any atom is -0.454 e. The molecule has 1 heterocycles. The molecule has 2 aromatic rings. The van der Waals surface area contributed by atoms with E-state index in [1.165, 1.54) is 0 Å². The van der Waals surface area contributed by atoms with E-state index in [2.05, 4.69) is 36.8 Å². The summed E-state index contributed by atoms with van der Waals surface area (Å²) in [5, 5.41) is 0.639. The SMILES string of the molecule is NCc1ncc(Br)cc1Oc1ccc(Cl)cc1Br. The van der Waals surface area contributed by atoms with Crippen LogP contribution in [0.5, 0.6) is 11.5 Å². The van der Waals surface area contributed by atoms with Crippen molar-refractivity contribution in [1.82, 2.24) is 4.98 Å². The molecule has 0 aliphatic heterocycles. The van der Waals surface area contributed by atoms with Gasteiger partial charge in [-0.15, -0.1) is 0 Å². The van der Waals surface area contributed by atoms with Crippen molar-refractivity contribution in [2.24, 2.45) is 5.73 Å². The van der Waals surface area contributed by atoms with E-state index in [1.807, 2.05) is 6.07 Å². The van der Waals surface area contributed by atoms with Crippen molar-refractivity contribution in [2.75, 3.05) is 0 Å². The third kappa shape index (κ3) is 3.23. The van der Waals surface area contributed by atoms with Gasteiger partial charge in [0.05, 0.1) is 10.2 Å². The van der Waals surface area contributed by atoms with E-state index >= 15 is 0 Å². The first-order valence-corrected chi connectivity index (χ1v) is 7.04. The van der Waals surface area contributed by atoms with E-state index in [9.17, 15) is 0 Å². The molecule has 3 nitrogen and oxygen atoms in total. The standard InChI is InChI=1S/C12H9Br2ClN2O/c13-7-3-12(10(5-16)17-6-7)18-11-2-1-8(15)4-9(11)14/h1-4,6H,5,16H2. The van der Waals surface area contributed by atoms with Gasteiger partial charge in [-0.3, -0.25) is 4.98 Å². The van der Waals surface area contributed by atoms with Crippen molar-refractivity contribution in [1.29, 1.82) is 0 Å². The molecule has 18 heavy (non-hydrogen) atoms. The molecule has 0 spiro atoms. The van der Waals surface area contributed by atoms with Gasteiger partial charge >= 0.3 is 0 Å². The second-order valence-corrected chi connectivity index (χ2v) is 5.69. The van der Waals surface area contributed by atoms with Gasteiger partial charge in [0.25, 0.3) is 0 Å². The van der Waals surface area contributed by atoms with Gasteiger partial charge in [-0.1, -0.05) is 11.6 Å². The summed E-state index contributed by atoms with van der Waals surface area (Å²) in [7, 11) is 0. The minimum absolute atomic E-state index is 0.313. The number of aromatic nitrogens is 1. The van der Waals surface area contributed by atoms with Gasteiger partial charge in [0.15, 0.2) is 5.75 Å². The third-order valence-corrected chi connectivity index (χ3v) is 3.49. The van der Waals surface area contributed by atoms with Gasteiger partial charge in [0.1, 0.15) is 5.75 Å². The molecule has 6 heteroatoms. The first kappa shape index (κ1) is 13.8. The summed E-state index contributed by atoms with van der Waals surface area (Å²) in [5.41, 5.74) is 6.32. The van der Waals surface area contributed by atoms with Crippen LogP contribution in [0.2, 0.25) is 5.02 Å². The van der Waals surface area contributed by atoms with Gasteiger partial charge in [-0.25, -0.2) is 0 Å². The first-order valence-electron chi connectivity index (χ1n) is 5.07. The Morgan fingerprint density at radius 2 is 2.00 bits per heavy atom. The molecule has 1 aromatic carbocycles. The van der Waals surface area contributed by atoms with E-state index < -0.39 is 0 Å². The van der Waals surface area contributed by atoms with Crippen LogP contribution in [-0.4, -0.2) is 4.98 Å². The average Bonchev–Trinajstić information content (AvgIpc) is 2.33. The second kappa shape index (κ2) is 6.02. The highest BCUT2D eigenvalue weighted by molar-refractivity contribution is 9.10. The van der Waals surface area contributed by atoms with Crippen LogP contribution in [0.25, 0.3) is 0 Å². The molecule has 0 aliphatic carbocycles. The lowest BCUT2D eigenvalue weighted by Crippen LogP contribution is -2.02. The number of halogens is 3. The molecule has 0 saturated carbocycles. The number of nitrogens with two attached hydrogens (primary N) is 1. The van der Waals surface area contributed by atoms with E-state index in [0.717, 1.165) is 8.95 Å². The van der Waals surface area contributed by atoms with Crippen LogP contribution in [0.4, 0.5) is 0 Å². The maximum absolute atomic E-state index is 5.88. The number of nitrogens with zero attached hydrogens (tertiary/aromatic N) is 1. The van der Waals surface area contributed by atoms with Crippen LogP contribution in [0.15, 0.2) is 39.4 Å². The van der Waals surface area contributed by atoms with Crippen molar-refractivity contribution in [2.45, 2.75) is 6.54 Å². The zero-order valence-corrected chi connectivity index (χ0v) is 13.1. The predicted molar refractivity (Wildman–Crippen MR) is 79.1 cm³/mol. The molecule has 0 aliphatic rings. The fourth-order valence-corrected chi connectivity index (χ4v) is 2.44. The molecule has 1 aromatic heterocycles. The molecule has 0 radical (unpaired) electrons. The fraction of sp³-hybridized carbons (Fsp3) is 0.0833. The minimum atomic E-state index is 0.313. The van der Waals surface area contributed by atoms with Crippen LogP contribution in [0.1, 0.15) is 5.69 Å². The maximum Gasteiger partial charge on any atom is 0.151 e. The summed E-state index contributed by atoms with van der Waals surface area (Å²) in [6.45, 7) is 0.313. The molecule has 2 N–H and O–H groups in total. The van der Waals surface area contributed by atoms with Crippen LogP contribution < -0.4 is 10.5 Å². The molecular weight excluding hydrogens is 383 g/mol. The summed E-state index contributed by atoms with van der Waals surface area (Å²) in [5.74, 6) is 1.28. The van der Waals surface area contributed by atoms with E-state index in [4.69, 9.17) is 22.1 Å². The molecule has 0 bridgehead atoms. The quantitative estimate of drug-likeness (QED) is 0.836. The maximum atomic E-state index is 5.88. The Labute approximate surface area is 127 Å². The number of hydrogen-bond donors (Lipinski definition) is 1. The molecule has 0 atom stereocenters. The van der Waals surface area contributed by atoms with Gasteiger partial charge in [0.2, 0.25) is 0 Å². The lowest BCUT2D eigenvalue weighted by molar-refractivity contribution is 0.469. The fourth-order valence-electron chi connectivity index (χ4n) is 1.37. The van der Waals surface area contributed by atoms with Crippen molar-refractivity contribution in [3.8, 4) is 11.5 Å². The Morgan fingerprint density at radius 1 is 1.22 bits per heavy atom. The lowest BCUT2D eigenvalue weighted by atomic mass is 10.3. The van der Waals surface area contributed by atoms with Gasteiger partial charge in [0, 0.05) is 22.2 Å². The highest BCUT2D eigenvalue weighted by Crippen LogP contribution is 2.33. The van der Waals surface area contributed by atoms with Crippen molar-refractivity contribution in [3.05, 3.63) is 50.1 Å². The normalized spacial score (nSPS) is 10.4. The number of hydrogen-bond acceptors (Lipinski definition) is 3. The number of benzene rings is 1. The molecule has 0 unspecified atom stereocenters. The number of rotatable bonds is 3. The summed E-state index contributed by atoms with van der Waals surface area (Å²) in [4.78, 5) is 4.20. The smallest absolute Gasteiger partial charge is 0.151 e. The molecule has 0 fully saturated rings.